The zero-order valence-corrected chi connectivity index (χ0v) is 19.3. The second kappa shape index (κ2) is 10.1. The fraction of sp³-hybridized carbons (Fsp3) is 0.682. The highest BCUT2D eigenvalue weighted by Gasteiger charge is 2.41. The first kappa shape index (κ1) is 25.0. The van der Waals surface area contributed by atoms with Crippen LogP contribution in [0.25, 0.3) is 0 Å². The van der Waals surface area contributed by atoms with Crippen LogP contribution in [0.3, 0.4) is 0 Å². The molecule has 0 aromatic heterocycles. The Morgan fingerprint density at radius 1 is 1.03 bits per heavy atom. The Balaban J connectivity index is 1.65. The van der Waals surface area contributed by atoms with Crippen LogP contribution in [-0.2, 0) is 16.2 Å². The number of nitrogens with one attached hydrogen (secondary N) is 1. The smallest absolute Gasteiger partial charge is 0.350 e. The first-order chi connectivity index (χ1) is 15.1. The van der Waals surface area contributed by atoms with Crippen molar-refractivity contribution in [3.05, 3.63) is 35.4 Å². The van der Waals surface area contributed by atoms with Gasteiger partial charge in [0.2, 0.25) is 10.0 Å². The Bertz CT molecular complexity index is 874. The molecule has 0 spiro atoms. The van der Waals surface area contributed by atoms with Gasteiger partial charge in [0.25, 0.3) is 5.91 Å². The SMILES string of the molecule is CCCS(=O)(=O)N1CCN(C2(CNC(=O)c3ccc(C(F)(F)F)cc3)CCCCC2)CC1. The molecule has 0 bridgehead atoms. The summed E-state index contributed by atoms with van der Waals surface area (Å²) in [6, 6.07) is 4.23. The van der Waals surface area contributed by atoms with Crippen molar-refractivity contribution in [1.29, 1.82) is 0 Å². The molecule has 0 unspecified atom stereocenters. The zero-order valence-electron chi connectivity index (χ0n) is 18.5. The molecule has 1 saturated heterocycles. The Morgan fingerprint density at radius 3 is 2.16 bits per heavy atom. The van der Waals surface area contributed by atoms with E-state index in [9.17, 15) is 26.4 Å². The van der Waals surface area contributed by atoms with Crippen molar-refractivity contribution in [2.24, 2.45) is 0 Å². The number of carbonyl (C=O) groups excluding carboxylic acids is 1. The standard InChI is InChI=1S/C22H32F3N3O3S/c1-2-16-32(30,31)28-14-12-27(13-15-28)21(10-4-3-5-11-21)17-26-20(29)18-6-8-19(9-7-18)22(23,24)25/h6-9H,2-5,10-17H2,1H3,(H,26,29). The van der Waals surface area contributed by atoms with Gasteiger partial charge in [-0.15, -0.1) is 0 Å². The summed E-state index contributed by atoms with van der Waals surface area (Å²) >= 11 is 0. The van der Waals surface area contributed by atoms with Gasteiger partial charge in [-0.1, -0.05) is 26.2 Å². The lowest BCUT2D eigenvalue weighted by Crippen LogP contribution is -2.62. The van der Waals surface area contributed by atoms with Crippen molar-refractivity contribution in [2.45, 2.75) is 57.2 Å². The van der Waals surface area contributed by atoms with E-state index in [1.165, 1.54) is 12.1 Å². The minimum Gasteiger partial charge on any atom is -0.350 e. The van der Waals surface area contributed by atoms with Gasteiger partial charge in [-0.2, -0.15) is 17.5 Å². The van der Waals surface area contributed by atoms with Crippen LogP contribution < -0.4 is 5.32 Å². The number of sulfonamides is 1. The molecular formula is C22H32F3N3O3S. The molecule has 2 aliphatic rings. The molecule has 3 rings (SSSR count). The van der Waals surface area contributed by atoms with Gasteiger partial charge in [0.1, 0.15) is 0 Å². The van der Waals surface area contributed by atoms with Crippen LogP contribution in [0.5, 0.6) is 0 Å². The highest BCUT2D eigenvalue weighted by atomic mass is 32.2. The summed E-state index contributed by atoms with van der Waals surface area (Å²) in [5.41, 5.74) is -0.839. The van der Waals surface area contributed by atoms with E-state index in [4.69, 9.17) is 0 Å². The van der Waals surface area contributed by atoms with Crippen LogP contribution in [0.15, 0.2) is 24.3 Å². The first-order valence-corrected chi connectivity index (χ1v) is 12.9. The molecule has 1 amide bonds. The normalized spacial score (nSPS) is 20.8. The summed E-state index contributed by atoms with van der Waals surface area (Å²) in [5.74, 6) is -0.241. The van der Waals surface area contributed by atoms with E-state index >= 15 is 0 Å². The second-order valence-electron chi connectivity index (χ2n) is 8.74. The second-order valence-corrected chi connectivity index (χ2v) is 10.8. The van der Waals surface area contributed by atoms with Crippen LogP contribution in [0.2, 0.25) is 0 Å². The number of piperazine rings is 1. The van der Waals surface area contributed by atoms with Crippen molar-refractivity contribution in [1.82, 2.24) is 14.5 Å². The number of hydrogen-bond donors (Lipinski definition) is 1. The minimum atomic E-state index is -4.44. The monoisotopic (exact) mass is 475 g/mol. The third-order valence-electron chi connectivity index (χ3n) is 6.60. The number of amides is 1. The molecule has 1 aliphatic carbocycles. The van der Waals surface area contributed by atoms with Crippen molar-refractivity contribution < 1.29 is 26.4 Å². The number of carbonyl (C=O) groups is 1. The molecule has 1 aromatic carbocycles. The fourth-order valence-corrected chi connectivity index (χ4v) is 6.29. The van der Waals surface area contributed by atoms with E-state index in [0.717, 1.165) is 44.2 Å². The number of halogens is 3. The molecule has 1 saturated carbocycles. The minimum absolute atomic E-state index is 0.154. The van der Waals surface area contributed by atoms with Gasteiger partial charge >= 0.3 is 6.18 Å². The van der Waals surface area contributed by atoms with Gasteiger partial charge in [-0.25, -0.2) is 8.42 Å². The number of benzene rings is 1. The van der Waals surface area contributed by atoms with Crippen LogP contribution in [0.4, 0.5) is 13.2 Å². The first-order valence-electron chi connectivity index (χ1n) is 11.3. The van der Waals surface area contributed by atoms with E-state index in [1.54, 1.807) is 4.31 Å². The van der Waals surface area contributed by atoms with E-state index in [2.05, 4.69) is 10.2 Å². The quantitative estimate of drug-likeness (QED) is 0.656. The highest BCUT2D eigenvalue weighted by molar-refractivity contribution is 7.89. The topological polar surface area (TPSA) is 69.7 Å². The summed E-state index contributed by atoms with van der Waals surface area (Å²) in [4.78, 5) is 14.9. The Morgan fingerprint density at radius 2 is 1.62 bits per heavy atom. The molecule has 1 aromatic rings. The van der Waals surface area contributed by atoms with Crippen molar-refractivity contribution in [3.8, 4) is 0 Å². The highest BCUT2D eigenvalue weighted by Crippen LogP contribution is 2.34. The Hall–Kier alpha value is -1.65. The summed E-state index contributed by atoms with van der Waals surface area (Å²) in [7, 11) is -3.23. The Kier molecular flexibility index (Phi) is 7.88. The van der Waals surface area contributed by atoms with Gasteiger partial charge in [0.05, 0.1) is 11.3 Å². The number of hydrogen-bond acceptors (Lipinski definition) is 4. The van der Waals surface area contributed by atoms with E-state index < -0.39 is 27.7 Å². The van der Waals surface area contributed by atoms with Gasteiger partial charge in [0.15, 0.2) is 0 Å². The summed E-state index contributed by atoms with van der Waals surface area (Å²) in [6.45, 7) is 4.35. The maximum absolute atomic E-state index is 12.8. The van der Waals surface area contributed by atoms with Crippen LogP contribution in [0, 0.1) is 0 Å². The molecule has 2 fully saturated rings. The Labute approximate surface area is 188 Å². The van der Waals surface area contributed by atoms with Gasteiger partial charge < -0.3 is 5.32 Å². The van der Waals surface area contributed by atoms with Crippen molar-refractivity contribution >= 4 is 15.9 Å². The van der Waals surface area contributed by atoms with Gasteiger partial charge in [-0.05, 0) is 43.5 Å². The number of alkyl halides is 3. The molecule has 0 radical (unpaired) electrons. The molecule has 180 valence electrons. The van der Waals surface area contributed by atoms with Crippen molar-refractivity contribution in [3.63, 3.8) is 0 Å². The van der Waals surface area contributed by atoms with Crippen LogP contribution >= 0.6 is 0 Å². The van der Waals surface area contributed by atoms with E-state index in [-0.39, 0.29) is 16.9 Å². The largest absolute Gasteiger partial charge is 0.416 e. The summed E-state index contributed by atoms with van der Waals surface area (Å²) in [5, 5.41) is 2.93. The predicted molar refractivity (Wildman–Crippen MR) is 117 cm³/mol. The molecule has 1 aliphatic heterocycles. The summed E-state index contributed by atoms with van der Waals surface area (Å²) < 4.78 is 64.6. The lowest BCUT2D eigenvalue weighted by Gasteiger charge is -2.49. The predicted octanol–water partition coefficient (Wildman–Crippen LogP) is 3.50. The van der Waals surface area contributed by atoms with E-state index in [0.29, 0.717) is 39.1 Å². The molecule has 6 nitrogen and oxygen atoms in total. The third-order valence-corrected chi connectivity index (χ3v) is 8.68. The average molecular weight is 476 g/mol. The van der Waals surface area contributed by atoms with Crippen molar-refractivity contribution in [2.75, 3.05) is 38.5 Å². The molecule has 0 atom stereocenters. The van der Waals surface area contributed by atoms with Gasteiger partial charge in [0, 0.05) is 43.8 Å². The lowest BCUT2D eigenvalue weighted by atomic mass is 9.79. The fourth-order valence-electron chi connectivity index (χ4n) is 4.80. The summed E-state index contributed by atoms with van der Waals surface area (Å²) in [6.07, 6.45) is 1.15. The molecular weight excluding hydrogens is 443 g/mol. The molecule has 32 heavy (non-hydrogen) atoms. The van der Waals surface area contributed by atoms with Crippen LogP contribution in [0.1, 0.15) is 61.4 Å². The number of rotatable bonds is 7. The van der Waals surface area contributed by atoms with E-state index in [1.807, 2.05) is 6.92 Å². The molecule has 1 heterocycles. The third kappa shape index (κ3) is 5.82. The van der Waals surface area contributed by atoms with Gasteiger partial charge in [-0.3, -0.25) is 9.69 Å². The molecule has 1 N–H and O–H groups in total. The maximum Gasteiger partial charge on any atom is 0.416 e. The lowest BCUT2D eigenvalue weighted by molar-refractivity contribution is -0.137. The maximum atomic E-state index is 12.8. The number of nitrogens with zero attached hydrogens (tertiary/aromatic N) is 2. The molecule has 10 heteroatoms. The average Bonchev–Trinajstić information content (AvgIpc) is 2.78. The zero-order chi connectivity index (χ0) is 23.4. The van der Waals surface area contributed by atoms with Crippen LogP contribution in [-0.4, -0.2) is 67.5 Å².